The summed E-state index contributed by atoms with van der Waals surface area (Å²) in [6.07, 6.45) is 3.48. The molecule has 1 aromatic rings. The molecule has 2 rings (SSSR count). The molecule has 108 valence electrons. The van der Waals surface area contributed by atoms with Gasteiger partial charge in [-0.15, -0.1) is 0 Å². The minimum atomic E-state index is -1.09. The number of carboxylic acid groups (broad SMARTS) is 1. The van der Waals surface area contributed by atoms with Gasteiger partial charge < -0.3 is 15.7 Å². The van der Waals surface area contributed by atoms with Crippen LogP contribution in [0.3, 0.4) is 0 Å². The molecular weight excluding hydrogens is 280 g/mol. The Hall–Kier alpha value is -1.75. The second kappa shape index (κ2) is 5.71. The van der Waals surface area contributed by atoms with Crippen molar-refractivity contribution in [3.8, 4) is 0 Å². The van der Waals surface area contributed by atoms with E-state index in [0.29, 0.717) is 12.2 Å². The van der Waals surface area contributed by atoms with Gasteiger partial charge in [0, 0.05) is 12.2 Å². The van der Waals surface area contributed by atoms with Gasteiger partial charge in [0.2, 0.25) is 0 Å². The van der Waals surface area contributed by atoms with Crippen molar-refractivity contribution in [2.24, 2.45) is 5.41 Å². The maximum Gasteiger partial charge on any atom is 0.337 e. The molecule has 2 amide bonds. The van der Waals surface area contributed by atoms with Crippen molar-refractivity contribution >= 4 is 29.3 Å². The lowest BCUT2D eigenvalue weighted by Crippen LogP contribution is -2.41. The van der Waals surface area contributed by atoms with Gasteiger partial charge in [0.05, 0.1) is 10.6 Å². The molecule has 5 nitrogen and oxygen atoms in total. The van der Waals surface area contributed by atoms with Crippen molar-refractivity contribution in [3.05, 3.63) is 28.8 Å². The number of hydrogen-bond acceptors (Lipinski definition) is 2. The second-order valence-corrected chi connectivity index (χ2v) is 5.88. The maximum absolute atomic E-state index is 11.7. The molecule has 1 saturated carbocycles. The molecule has 0 spiro atoms. The van der Waals surface area contributed by atoms with Gasteiger partial charge in [0.1, 0.15) is 0 Å². The number of anilines is 1. The number of hydrogen-bond donors (Lipinski definition) is 3. The Morgan fingerprint density at radius 1 is 1.40 bits per heavy atom. The van der Waals surface area contributed by atoms with E-state index in [1.165, 1.54) is 24.6 Å². The first kappa shape index (κ1) is 14.7. The van der Waals surface area contributed by atoms with Crippen LogP contribution in [-0.2, 0) is 0 Å². The van der Waals surface area contributed by atoms with Gasteiger partial charge in [-0.25, -0.2) is 9.59 Å². The fourth-order valence-corrected chi connectivity index (χ4v) is 2.45. The predicted molar refractivity (Wildman–Crippen MR) is 77.4 cm³/mol. The van der Waals surface area contributed by atoms with Crippen LogP contribution in [0.5, 0.6) is 0 Å². The number of amides is 2. The third kappa shape index (κ3) is 3.42. The van der Waals surface area contributed by atoms with E-state index in [0.717, 1.165) is 12.8 Å². The molecule has 3 N–H and O–H groups in total. The topological polar surface area (TPSA) is 78.4 Å². The molecule has 6 heteroatoms. The third-order valence-corrected chi connectivity index (χ3v) is 4.01. The summed E-state index contributed by atoms with van der Waals surface area (Å²) in [6.45, 7) is 2.79. The molecule has 1 aliphatic rings. The molecule has 0 saturated heterocycles. The second-order valence-electron chi connectivity index (χ2n) is 5.47. The predicted octanol–water partition coefficient (Wildman–Crippen LogP) is 3.35. The Labute approximate surface area is 122 Å². The van der Waals surface area contributed by atoms with E-state index in [2.05, 4.69) is 17.6 Å². The summed E-state index contributed by atoms with van der Waals surface area (Å²) in [5.74, 6) is -1.09. The van der Waals surface area contributed by atoms with Gasteiger partial charge in [-0.2, -0.15) is 0 Å². The summed E-state index contributed by atoms with van der Waals surface area (Å²) in [7, 11) is 0. The number of urea groups is 1. The van der Waals surface area contributed by atoms with E-state index in [9.17, 15) is 9.59 Å². The average molecular weight is 297 g/mol. The Kier molecular flexibility index (Phi) is 4.18. The normalized spacial score (nSPS) is 16.1. The Morgan fingerprint density at radius 3 is 2.60 bits per heavy atom. The molecule has 0 atom stereocenters. The number of aromatic carboxylic acids is 1. The number of carbonyl (C=O) groups is 2. The number of nitrogens with one attached hydrogen (secondary N) is 2. The van der Waals surface area contributed by atoms with Gasteiger partial charge in [0.25, 0.3) is 0 Å². The average Bonchev–Trinajstić information content (AvgIpc) is 2.33. The molecule has 20 heavy (non-hydrogen) atoms. The highest BCUT2D eigenvalue weighted by atomic mass is 35.5. The zero-order chi connectivity index (χ0) is 14.8. The summed E-state index contributed by atoms with van der Waals surface area (Å²) in [6, 6.07) is 4.00. The first-order valence-corrected chi connectivity index (χ1v) is 6.85. The molecule has 0 radical (unpaired) electrons. The highest BCUT2D eigenvalue weighted by Crippen LogP contribution is 2.39. The summed E-state index contributed by atoms with van der Waals surface area (Å²) in [4.78, 5) is 22.6. The van der Waals surface area contributed by atoms with E-state index in [4.69, 9.17) is 16.7 Å². The van der Waals surface area contributed by atoms with Gasteiger partial charge in [0.15, 0.2) is 0 Å². The molecule has 0 unspecified atom stereocenters. The SMILES string of the molecule is CC1(CNC(=O)Nc2ccc(C(=O)O)c(Cl)c2)CCC1. The Bertz CT molecular complexity index is 541. The monoisotopic (exact) mass is 296 g/mol. The van der Waals surface area contributed by atoms with Crippen molar-refractivity contribution in [2.75, 3.05) is 11.9 Å². The van der Waals surface area contributed by atoms with E-state index in [1.54, 1.807) is 0 Å². The van der Waals surface area contributed by atoms with Crippen LogP contribution in [0.25, 0.3) is 0 Å². The summed E-state index contributed by atoms with van der Waals surface area (Å²) in [5, 5.41) is 14.4. The quantitative estimate of drug-likeness (QED) is 0.797. The van der Waals surface area contributed by atoms with E-state index < -0.39 is 5.97 Å². The first-order valence-electron chi connectivity index (χ1n) is 6.47. The summed E-state index contributed by atoms with van der Waals surface area (Å²) < 4.78 is 0. The third-order valence-electron chi connectivity index (χ3n) is 3.69. The summed E-state index contributed by atoms with van der Waals surface area (Å²) in [5.41, 5.74) is 0.693. The number of rotatable bonds is 4. The van der Waals surface area contributed by atoms with Gasteiger partial charge in [-0.1, -0.05) is 24.9 Å². The van der Waals surface area contributed by atoms with Crippen LogP contribution in [0.4, 0.5) is 10.5 Å². The minimum absolute atomic E-state index is 0.0135. The summed E-state index contributed by atoms with van der Waals surface area (Å²) >= 11 is 5.84. The standard InChI is InChI=1S/C14H17ClN2O3/c1-14(5-2-6-14)8-16-13(20)17-9-3-4-10(12(18)19)11(15)7-9/h3-4,7H,2,5-6,8H2,1H3,(H,18,19)(H2,16,17,20). The van der Waals surface area contributed by atoms with Crippen molar-refractivity contribution in [1.82, 2.24) is 5.32 Å². The van der Waals surface area contributed by atoms with Crippen molar-refractivity contribution in [2.45, 2.75) is 26.2 Å². The number of carbonyl (C=O) groups excluding carboxylic acids is 1. The molecule has 0 bridgehead atoms. The van der Waals surface area contributed by atoms with Crippen LogP contribution in [0.1, 0.15) is 36.5 Å². The van der Waals surface area contributed by atoms with Crippen molar-refractivity contribution in [3.63, 3.8) is 0 Å². The van der Waals surface area contributed by atoms with Crippen LogP contribution < -0.4 is 10.6 Å². The van der Waals surface area contributed by atoms with E-state index in [-0.39, 0.29) is 22.0 Å². The van der Waals surface area contributed by atoms with Crippen LogP contribution in [0.2, 0.25) is 5.02 Å². The van der Waals surface area contributed by atoms with E-state index in [1.807, 2.05) is 0 Å². The maximum atomic E-state index is 11.7. The van der Waals surface area contributed by atoms with E-state index >= 15 is 0 Å². The lowest BCUT2D eigenvalue weighted by Gasteiger charge is -2.38. The zero-order valence-electron chi connectivity index (χ0n) is 11.2. The van der Waals surface area contributed by atoms with Crippen molar-refractivity contribution in [1.29, 1.82) is 0 Å². The highest BCUT2D eigenvalue weighted by molar-refractivity contribution is 6.33. The van der Waals surface area contributed by atoms with Crippen LogP contribution in [0, 0.1) is 5.41 Å². The molecule has 1 fully saturated rings. The lowest BCUT2D eigenvalue weighted by molar-refractivity contribution is 0.0697. The fraction of sp³-hybridized carbons (Fsp3) is 0.429. The number of carboxylic acids is 1. The van der Waals surface area contributed by atoms with Crippen LogP contribution in [-0.4, -0.2) is 23.7 Å². The van der Waals surface area contributed by atoms with Crippen LogP contribution in [0.15, 0.2) is 18.2 Å². The van der Waals surface area contributed by atoms with Crippen molar-refractivity contribution < 1.29 is 14.7 Å². The lowest BCUT2D eigenvalue weighted by atomic mass is 9.70. The molecule has 0 aliphatic heterocycles. The van der Waals surface area contributed by atoms with Crippen LogP contribution >= 0.6 is 11.6 Å². The largest absolute Gasteiger partial charge is 0.478 e. The smallest absolute Gasteiger partial charge is 0.337 e. The van der Waals surface area contributed by atoms with Gasteiger partial charge in [-0.05, 0) is 36.5 Å². The highest BCUT2D eigenvalue weighted by Gasteiger charge is 2.31. The molecule has 1 aromatic carbocycles. The number of benzene rings is 1. The molecular formula is C14H17ClN2O3. The molecule has 1 aliphatic carbocycles. The van der Waals surface area contributed by atoms with Gasteiger partial charge in [-0.3, -0.25) is 0 Å². The number of halogens is 1. The zero-order valence-corrected chi connectivity index (χ0v) is 12.0. The molecule has 0 aromatic heterocycles. The first-order chi connectivity index (χ1) is 9.39. The molecule has 0 heterocycles. The fourth-order valence-electron chi connectivity index (χ4n) is 2.19. The Morgan fingerprint density at radius 2 is 2.10 bits per heavy atom. The van der Waals surface area contributed by atoms with Gasteiger partial charge >= 0.3 is 12.0 Å². The Balaban J connectivity index is 1.91. The minimum Gasteiger partial charge on any atom is -0.478 e.